The van der Waals surface area contributed by atoms with Crippen molar-refractivity contribution in [1.29, 1.82) is 0 Å². The highest BCUT2D eigenvalue weighted by molar-refractivity contribution is 7.26. The molecule has 0 aliphatic carbocycles. The zero-order valence-electron chi connectivity index (χ0n) is 30.9. The second-order valence-corrected chi connectivity index (χ2v) is 15.6. The van der Waals surface area contributed by atoms with E-state index in [2.05, 4.69) is 164 Å². The van der Waals surface area contributed by atoms with E-state index in [0.29, 0.717) is 23.4 Å². The van der Waals surface area contributed by atoms with E-state index in [1.165, 1.54) is 25.6 Å². The number of aromatic nitrogens is 4. The van der Waals surface area contributed by atoms with E-state index in [-0.39, 0.29) is 0 Å². The predicted molar refractivity (Wildman–Crippen MR) is 240 cm³/mol. The first-order valence-corrected chi connectivity index (χ1v) is 20.1. The minimum Gasteiger partial charge on any atom is -0.435 e. The summed E-state index contributed by atoms with van der Waals surface area (Å²) in [5, 5.41) is 9.08. The normalized spacial score (nSPS) is 11.8. The van der Waals surface area contributed by atoms with E-state index in [1.54, 1.807) is 11.3 Å². The van der Waals surface area contributed by atoms with Crippen LogP contribution in [0.5, 0.6) is 0 Å². The Morgan fingerprint density at radius 2 is 1.03 bits per heavy atom. The largest absolute Gasteiger partial charge is 0.435 e. The first-order chi connectivity index (χ1) is 28.7. The van der Waals surface area contributed by atoms with Gasteiger partial charge >= 0.3 is 0 Å². The summed E-state index contributed by atoms with van der Waals surface area (Å²) in [4.78, 5) is 20.5. The lowest BCUT2D eigenvalue weighted by atomic mass is 9.94. The number of hydrogen-bond acceptors (Lipinski definition) is 6. The maximum absolute atomic E-state index is 6.65. The van der Waals surface area contributed by atoms with Gasteiger partial charge in [-0.25, -0.2) is 19.9 Å². The molecule has 0 saturated carbocycles. The Morgan fingerprint density at radius 3 is 1.95 bits per heavy atom. The van der Waals surface area contributed by atoms with Crippen molar-refractivity contribution in [2.45, 2.75) is 0 Å². The Morgan fingerprint density at radius 1 is 0.379 bits per heavy atom. The van der Waals surface area contributed by atoms with Crippen LogP contribution >= 0.6 is 11.3 Å². The molecule has 0 unspecified atom stereocenters. The van der Waals surface area contributed by atoms with E-state index in [1.807, 2.05) is 18.2 Å². The molecule has 0 amide bonds. The molecule has 270 valence electrons. The average Bonchev–Trinajstić information content (AvgIpc) is 3.91. The Bertz CT molecular complexity index is 3590. The molecule has 3 heterocycles. The molecule has 12 aromatic rings. The molecule has 0 bridgehead atoms. The van der Waals surface area contributed by atoms with E-state index in [0.717, 1.165) is 71.4 Å². The Kier molecular flexibility index (Phi) is 7.33. The van der Waals surface area contributed by atoms with Gasteiger partial charge in [-0.15, -0.1) is 11.3 Å². The molecule has 0 saturated heterocycles. The number of nitrogens with zero attached hydrogens (tertiary/aromatic N) is 4. The number of benzene rings is 9. The summed E-state index contributed by atoms with van der Waals surface area (Å²) in [6.07, 6.45) is 0. The third-order valence-corrected chi connectivity index (χ3v) is 12.4. The van der Waals surface area contributed by atoms with Crippen LogP contribution in [0.25, 0.3) is 120 Å². The summed E-state index contributed by atoms with van der Waals surface area (Å²) in [7, 11) is 0. The van der Waals surface area contributed by atoms with Crippen LogP contribution in [0.2, 0.25) is 0 Å². The minimum atomic E-state index is 0.612. The lowest BCUT2D eigenvalue weighted by Crippen LogP contribution is -2.00. The second kappa shape index (κ2) is 13.0. The molecule has 0 aliphatic rings. The van der Waals surface area contributed by atoms with Gasteiger partial charge < -0.3 is 4.42 Å². The first-order valence-electron chi connectivity index (χ1n) is 19.3. The summed E-state index contributed by atoms with van der Waals surface area (Å²) in [6.45, 7) is 0. The van der Waals surface area contributed by atoms with Crippen molar-refractivity contribution in [1.82, 2.24) is 19.9 Å². The molecular weight excluding hydrogens is 729 g/mol. The molecule has 0 spiro atoms. The second-order valence-electron chi connectivity index (χ2n) is 14.6. The highest BCUT2D eigenvalue weighted by Gasteiger charge is 2.19. The number of rotatable bonds is 5. The van der Waals surface area contributed by atoms with Gasteiger partial charge in [-0.1, -0.05) is 146 Å². The van der Waals surface area contributed by atoms with Crippen LogP contribution in [-0.2, 0) is 0 Å². The fourth-order valence-electron chi connectivity index (χ4n) is 8.34. The smallest absolute Gasteiger partial charge is 0.227 e. The molecule has 0 aliphatic heterocycles. The Labute approximate surface area is 336 Å². The van der Waals surface area contributed by atoms with Gasteiger partial charge in [0.2, 0.25) is 5.89 Å². The van der Waals surface area contributed by atoms with Gasteiger partial charge in [0.1, 0.15) is 5.52 Å². The Balaban J connectivity index is 1.01. The van der Waals surface area contributed by atoms with Gasteiger partial charge in [0.15, 0.2) is 23.1 Å². The van der Waals surface area contributed by atoms with Crippen molar-refractivity contribution >= 4 is 74.9 Å². The van der Waals surface area contributed by atoms with Crippen molar-refractivity contribution in [2.24, 2.45) is 0 Å². The maximum atomic E-state index is 6.65. The molecule has 58 heavy (non-hydrogen) atoms. The number of oxazole rings is 1. The fourth-order valence-corrected chi connectivity index (χ4v) is 9.56. The van der Waals surface area contributed by atoms with E-state index >= 15 is 0 Å². The summed E-state index contributed by atoms with van der Waals surface area (Å²) in [6, 6.07) is 63.5. The SMILES string of the molecule is c1ccc(-c2nc(-c3cccc4cc(-c5cccc6ccc7nc(-c8ccc9ccccc9c8)oc7c56)ccc34)nc(-c3cccc4c3sc3ccccc34)n2)cc1. The summed E-state index contributed by atoms with van der Waals surface area (Å²) in [5.74, 6) is 2.54. The highest BCUT2D eigenvalue weighted by atomic mass is 32.1. The third kappa shape index (κ3) is 5.30. The summed E-state index contributed by atoms with van der Waals surface area (Å²) in [5.41, 5.74) is 7.63. The molecule has 12 rings (SSSR count). The van der Waals surface area contributed by atoms with E-state index in [9.17, 15) is 0 Å². The van der Waals surface area contributed by atoms with Crippen LogP contribution < -0.4 is 0 Å². The molecule has 0 atom stereocenters. The molecule has 9 aromatic carbocycles. The standard InChI is InChI=1S/C52H30N4OS/c1-2-12-33(13-3-1)49-54-50(56-51(55-49)43-21-10-19-41-40-17-6-7-22-45(40)58-48(41)43)42-20-9-16-35-30-36(25-27-38(35)42)39-18-8-15-32-26-28-44-47(46(32)39)57-52(53-44)37-24-23-31-11-4-5-14-34(31)29-37/h1-30H. The molecule has 5 nitrogen and oxygen atoms in total. The van der Waals surface area contributed by atoms with E-state index in [4.69, 9.17) is 24.4 Å². The van der Waals surface area contributed by atoms with Crippen molar-refractivity contribution < 1.29 is 4.42 Å². The number of thiophene rings is 1. The zero-order chi connectivity index (χ0) is 38.2. The molecule has 6 heteroatoms. The van der Waals surface area contributed by atoms with Crippen molar-refractivity contribution in [2.75, 3.05) is 0 Å². The molecule has 0 fully saturated rings. The lowest BCUT2D eigenvalue weighted by molar-refractivity contribution is 0.623. The monoisotopic (exact) mass is 758 g/mol. The van der Waals surface area contributed by atoms with E-state index < -0.39 is 0 Å². The van der Waals surface area contributed by atoms with Gasteiger partial charge in [-0.05, 0) is 74.5 Å². The molecular formula is C52H30N4OS. The number of hydrogen-bond donors (Lipinski definition) is 0. The van der Waals surface area contributed by atoms with Crippen LogP contribution in [0.4, 0.5) is 0 Å². The minimum absolute atomic E-state index is 0.612. The Hall–Kier alpha value is -7.54. The fraction of sp³-hybridized carbons (Fsp3) is 0. The van der Waals surface area contributed by atoms with Gasteiger partial charge in [0.05, 0.1) is 0 Å². The zero-order valence-corrected chi connectivity index (χ0v) is 31.7. The molecule has 0 radical (unpaired) electrons. The summed E-state index contributed by atoms with van der Waals surface area (Å²) >= 11 is 1.78. The van der Waals surface area contributed by atoms with Crippen LogP contribution in [0.15, 0.2) is 186 Å². The van der Waals surface area contributed by atoms with Crippen molar-refractivity contribution in [3.05, 3.63) is 182 Å². The first kappa shape index (κ1) is 32.7. The topological polar surface area (TPSA) is 64.7 Å². The van der Waals surface area contributed by atoms with Gasteiger partial charge in [-0.3, -0.25) is 0 Å². The van der Waals surface area contributed by atoms with Gasteiger partial charge in [0.25, 0.3) is 0 Å². The maximum Gasteiger partial charge on any atom is 0.227 e. The van der Waals surface area contributed by atoms with Gasteiger partial charge in [-0.2, -0.15) is 0 Å². The van der Waals surface area contributed by atoms with Gasteiger partial charge in [0, 0.05) is 47.8 Å². The average molecular weight is 759 g/mol. The van der Waals surface area contributed by atoms with Crippen molar-refractivity contribution in [3.63, 3.8) is 0 Å². The van der Waals surface area contributed by atoms with Crippen LogP contribution in [-0.4, -0.2) is 19.9 Å². The molecule has 3 aromatic heterocycles. The summed E-state index contributed by atoms with van der Waals surface area (Å²) < 4.78 is 9.06. The van der Waals surface area contributed by atoms with Crippen molar-refractivity contribution in [3.8, 4) is 56.7 Å². The highest BCUT2D eigenvalue weighted by Crippen LogP contribution is 2.41. The van der Waals surface area contributed by atoms with Crippen LogP contribution in [0.1, 0.15) is 0 Å². The third-order valence-electron chi connectivity index (χ3n) is 11.1. The quantitative estimate of drug-likeness (QED) is 0.175. The lowest BCUT2D eigenvalue weighted by Gasteiger charge is -2.12. The predicted octanol–water partition coefficient (Wildman–Crippen LogP) is 14.2. The van der Waals surface area contributed by atoms with Crippen LogP contribution in [0.3, 0.4) is 0 Å². The number of fused-ring (bicyclic) bond motifs is 8. The molecule has 0 N–H and O–H groups in total. The van der Waals surface area contributed by atoms with Crippen LogP contribution in [0, 0.1) is 0 Å².